The van der Waals surface area contributed by atoms with Gasteiger partial charge in [-0.05, 0) is 44.4 Å². The summed E-state index contributed by atoms with van der Waals surface area (Å²) in [7, 11) is -3.58. The summed E-state index contributed by atoms with van der Waals surface area (Å²) in [5.41, 5.74) is 1.40. The van der Waals surface area contributed by atoms with Gasteiger partial charge in [-0.1, -0.05) is 13.8 Å². The van der Waals surface area contributed by atoms with E-state index in [2.05, 4.69) is 15.5 Å². The van der Waals surface area contributed by atoms with Crippen LogP contribution in [0.4, 0.5) is 16.2 Å². The van der Waals surface area contributed by atoms with E-state index in [1.807, 2.05) is 26.8 Å². The second kappa shape index (κ2) is 9.23. The second-order valence-corrected chi connectivity index (χ2v) is 8.24. The van der Waals surface area contributed by atoms with E-state index in [1.54, 1.807) is 12.1 Å². The van der Waals surface area contributed by atoms with Crippen LogP contribution in [0.2, 0.25) is 0 Å². The molecule has 2 rings (SSSR count). The minimum Gasteiger partial charge on any atom is -0.370 e. The summed E-state index contributed by atoms with van der Waals surface area (Å²) in [4.78, 5) is 14.5. The van der Waals surface area contributed by atoms with Crippen LogP contribution in [0.25, 0.3) is 0 Å². The van der Waals surface area contributed by atoms with Crippen LogP contribution in [-0.4, -0.2) is 51.5 Å². The number of carbonyl (C=O) groups is 1. The Bertz CT molecular complexity index is 711. The Labute approximate surface area is 156 Å². The molecule has 1 aliphatic heterocycles. The van der Waals surface area contributed by atoms with E-state index in [4.69, 9.17) is 0 Å². The van der Waals surface area contributed by atoms with E-state index >= 15 is 0 Å². The van der Waals surface area contributed by atoms with Crippen molar-refractivity contribution in [2.24, 2.45) is 0 Å². The number of urea groups is 1. The molecule has 146 valence electrons. The third-order valence-corrected chi connectivity index (χ3v) is 6.64. The third-order valence-electron chi connectivity index (χ3n) is 4.59. The van der Waals surface area contributed by atoms with E-state index in [9.17, 15) is 13.2 Å². The fraction of sp³-hybridized carbons (Fsp3) is 0.611. The summed E-state index contributed by atoms with van der Waals surface area (Å²) in [5.74, 6) is 0. The molecule has 0 radical (unpaired) electrons. The van der Waals surface area contributed by atoms with Crippen molar-refractivity contribution in [3.63, 3.8) is 0 Å². The van der Waals surface area contributed by atoms with Crippen molar-refractivity contribution in [3.05, 3.63) is 18.2 Å². The molecule has 0 bridgehead atoms. The van der Waals surface area contributed by atoms with Crippen LogP contribution < -0.4 is 15.5 Å². The van der Waals surface area contributed by atoms with Crippen molar-refractivity contribution in [2.75, 3.05) is 42.9 Å². The topological polar surface area (TPSA) is 81.8 Å². The monoisotopic (exact) mass is 382 g/mol. The highest BCUT2D eigenvalue weighted by atomic mass is 32.2. The zero-order valence-electron chi connectivity index (χ0n) is 15.9. The van der Waals surface area contributed by atoms with Crippen molar-refractivity contribution in [3.8, 4) is 0 Å². The number of benzene rings is 1. The van der Waals surface area contributed by atoms with Gasteiger partial charge in [-0.3, -0.25) is 0 Å². The average molecular weight is 383 g/mol. The maximum absolute atomic E-state index is 12.8. The molecule has 7 nitrogen and oxygen atoms in total. The lowest BCUT2D eigenvalue weighted by Gasteiger charge is -2.31. The molecule has 2 amide bonds. The van der Waals surface area contributed by atoms with Gasteiger partial charge >= 0.3 is 6.03 Å². The molecule has 1 fully saturated rings. The minimum atomic E-state index is -3.58. The Morgan fingerprint density at radius 1 is 1.12 bits per heavy atom. The SMILES string of the molecule is CCNC(=O)Nc1cc(S(=O)(=O)N(CC)CC)ccc1N1CCCCC1. The van der Waals surface area contributed by atoms with Crippen LogP contribution in [0, 0.1) is 0 Å². The van der Waals surface area contributed by atoms with E-state index in [0.29, 0.717) is 25.3 Å². The van der Waals surface area contributed by atoms with Gasteiger partial charge in [0, 0.05) is 32.7 Å². The second-order valence-electron chi connectivity index (χ2n) is 6.30. The maximum atomic E-state index is 12.8. The Hall–Kier alpha value is -1.80. The van der Waals surface area contributed by atoms with Gasteiger partial charge in [-0.2, -0.15) is 4.31 Å². The summed E-state index contributed by atoms with van der Waals surface area (Å²) < 4.78 is 27.1. The molecule has 1 heterocycles. The molecule has 0 saturated carbocycles. The maximum Gasteiger partial charge on any atom is 0.319 e. The van der Waals surface area contributed by atoms with E-state index < -0.39 is 10.0 Å². The molecule has 0 aromatic heterocycles. The summed E-state index contributed by atoms with van der Waals surface area (Å²) >= 11 is 0. The first kappa shape index (κ1) is 20.5. The molecule has 8 heteroatoms. The Morgan fingerprint density at radius 3 is 2.35 bits per heavy atom. The lowest BCUT2D eigenvalue weighted by atomic mass is 10.1. The first-order chi connectivity index (χ1) is 12.4. The van der Waals surface area contributed by atoms with Gasteiger partial charge in [0.1, 0.15) is 0 Å². The van der Waals surface area contributed by atoms with E-state index in [-0.39, 0.29) is 10.9 Å². The molecule has 2 N–H and O–H groups in total. The molecule has 1 saturated heterocycles. The standard InChI is InChI=1S/C18H30N4O3S/c1-4-19-18(23)20-16-14-15(26(24,25)22(5-2)6-3)10-11-17(16)21-12-8-7-9-13-21/h10-11,14H,4-9,12-13H2,1-3H3,(H2,19,20,23). The third kappa shape index (κ3) is 4.67. The Kier molecular flexibility index (Phi) is 7.28. The Balaban J connectivity index is 2.42. The van der Waals surface area contributed by atoms with Gasteiger partial charge in [0.2, 0.25) is 10.0 Å². The van der Waals surface area contributed by atoms with Gasteiger partial charge in [-0.25, -0.2) is 13.2 Å². The molecular formula is C18H30N4O3S. The van der Waals surface area contributed by atoms with Crippen molar-refractivity contribution in [1.82, 2.24) is 9.62 Å². The highest BCUT2D eigenvalue weighted by Gasteiger charge is 2.24. The Morgan fingerprint density at radius 2 is 1.77 bits per heavy atom. The van der Waals surface area contributed by atoms with Crippen LogP contribution in [0.3, 0.4) is 0 Å². The van der Waals surface area contributed by atoms with Crippen LogP contribution in [0.15, 0.2) is 23.1 Å². The van der Waals surface area contributed by atoms with E-state index in [1.165, 1.54) is 10.7 Å². The smallest absolute Gasteiger partial charge is 0.319 e. The number of sulfonamides is 1. The first-order valence-electron chi connectivity index (χ1n) is 9.38. The zero-order chi connectivity index (χ0) is 19.2. The molecular weight excluding hydrogens is 352 g/mol. The quantitative estimate of drug-likeness (QED) is 0.760. The predicted molar refractivity (Wildman–Crippen MR) is 105 cm³/mol. The lowest BCUT2D eigenvalue weighted by Crippen LogP contribution is -2.33. The molecule has 1 aromatic rings. The van der Waals surface area contributed by atoms with E-state index in [0.717, 1.165) is 31.6 Å². The van der Waals surface area contributed by atoms with Gasteiger partial charge in [0.25, 0.3) is 0 Å². The van der Waals surface area contributed by atoms with Gasteiger partial charge in [0.05, 0.1) is 16.3 Å². The molecule has 0 aliphatic carbocycles. The fourth-order valence-electron chi connectivity index (χ4n) is 3.23. The number of anilines is 2. The highest BCUT2D eigenvalue weighted by Crippen LogP contribution is 2.32. The number of rotatable bonds is 7. The minimum absolute atomic E-state index is 0.203. The molecule has 0 atom stereocenters. The van der Waals surface area contributed by atoms with Gasteiger partial charge in [-0.15, -0.1) is 0 Å². The number of piperidine rings is 1. The number of amides is 2. The predicted octanol–water partition coefficient (Wildman–Crippen LogP) is 2.85. The number of nitrogens with one attached hydrogen (secondary N) is 2. The fourth-order valence-corrected chi connectivity index (χ4v) is 4.71. The van der Waals surface area contributed by atoms with Gasteiger partial charge in [0.15, 0.2) is 0 Å². The zero-order valence-corrected chi connectivity index (χ0v) is 16.7. The summed E-state index contributed by atoms with van der Waals surface area (Å²) in [6.45, 7) is 8.61. The van der Waals surface area contributed by atoms with Crippen molar-refractivity contribution in [1.29, 1.82) is 0 Å². The number of carbonyl (C=O) groups excluding carboxylic acids is 1. The van der Waals surface area contributed by atoms with Crippen LogP contribution in [-0.2, 0) is 10.0 Å². The molecule has 1 aliphatic rings. The van der Waals surface area contributed by atoms with Crippen molar-refractivity contribution < 1.29 is 13.2 Å². The van der Waals surface area contributed by atoms with Gasteiger partial charge < -0.3 is 15.5 Å². The number of hydrogen-bond donors (Lipinski definition) is 2. The normalized spacial score (nSPS) is 15.2. The molecule has 0 unspecified atom stereocenters. The number of nitrogens with zero attached hydrogens (tertiary/aromatic N) is 2. The number of hydrogen-bond acceptors (Lipinski definition) is 4. The summed E-state index contributed by atoms with van der Waals surface area (Å²) in [6.07, 6.45) is 3.39. The van der Waals surface area contributed by atoms with Crippen molar-refractivity contribution in [2.45, 2.75) is 44.9 Å². The van der Waals surface area contributed by atoms with Crippen LogP contribution >= 0.6 is 0 Å². The molecule has 26 heavy (non-hydrogen) atoms. The lowest BCUT2D eigenvalue weighted by molar-refractivity contribution is 0.252. The summed E-state index contributed by atoms with van der Waals surface area (Å²) in [5, 5.41) is 5.52. The summed E-state index contributed by atoms with van der Waals surface area (Å²) in [6, 6.07) is 4.69. The average Bonchev–Trinajstić information content (AvgIpc) is 2.63. The molecule has 1 aromatic carbocycles. The highest BCUT2D eigenvalue weighted by molar-refractivity contribution is 7.89. The van der Waals surface area contributed by atoms with Crippen LogP contribution in [0.5, 0.6) is 0 Å². The molecule has 0 spiro atoms. The largest absolute Gasteiger partial charge is 0.370 e. The van der Waals surface area contributed by atoms with Crippen molar-refractivity contribution >= 4 is 27.4 Å². The first-order valence-corrected chi connectivity index (χ1v) is 10.8. The van der Waals surface area contributed by atoms with Crippen LogP contribution in [0.1, 0.15) is 40.0 Å².